The molecule has 0 aromatic heterocycles. The third kappa shape index (κ3) is 5.60. The second-order valence-electron chi connectivity index (χ2n) is 11.1. The molecule has 1 heterocycles. The first kappa shape index (κ1) is 26.9. The largest absolute Gasteiger partial charge is 0.481 e. The van der Waals surface area contributed by atoms with E-state index in [4.69, 9.17) is 9.16 Å². The van der Waals surface area contributed by atoms with Gasteiger partial charge < -0.3 is 19.4 Å². The molecule has 1 aliphatic rings. The van der Waals surface area contributed by atoms with Crippen molar-refractivity contribution in [3.8, 4) is 0 Å². The molecule has 2 unspecified atom stereocenters. The third-order valence-corrected chi connectivity index (χ3v) is 11.4. The van der Waals surface area contributed by atoms with E-state index in [2.05, 4.69) is 45.0 Å². The maximum Gasteiger partial charge on any atom is 0.412 e. The van der Waals surface area contributed by atoms with Crippen LogP contribution in [-0.4, -0.2) is 60.0 Å². The summed E-state index contributed by atoms with van der Waals surface area (Å²) in [7, 11) is -2.91. The second-order valence-corrected chi connectivity index (χ2v) is 15.4. The number of benzene rings is 2. The van der Waals surface area contributed by atoms with Crippen molar-refractivity contribution >= 4 is 30.8 Å². The van der Waals surface area contributed by atoms with Crippen LogP contribution in [0.1, 0.15) is 48.0 Å². The van der Waals surface area contributed by atoms with Gasteiger partial charge in [-0.15, -0.1) is 0 Å². The van der Waals surface area contributed by atoms with Crippen LogP contribution in [-0.2, 0) is 14.0 Å². The second kappa shape index (κ2) is 10.1. The van der Waals surface area contributed by atoms with E-state index in [9.17, 15) is 19.8 Å². The molecule has 1 saturated heterocycles. The number of hydrogen-bond acceptors (Lipinski definition) is 5. The Morgan fingerprint density at radius 1 is 0.943 bits per heavy atom. The van der Waals surface area contributed by atoms with Crippen molar-refractivity contribution in [2.24, 2.45) is 5.92 Å². The molecule has 7 nitrogen and oxygen atoms in total. The van der Waals surface area contributed by atoms with Gasteiger partial charge in [-0.3, -0.25) is 9.69 Å². The zero-order valence-electron chi connectivity index (χ0n) is 21.4. The van der Waals surface area contributed by atoms with Gasteiger partial charge in [0.1, 0.15) is 17.7 Å². The Kier molecular flexibility index (Phi) is 7.79. The fourth-order valence-electron chi connectivity index (χ4n) is 4.87. The number of aliphatic hydroxyl groups is 1. The summed E-state index contributed by atoms with van der Waals surface area (Å²) in [6, 6.07) is 19.5. The van der Waals surface area contributed by atoms with Gasteiger partial charge in [0, 0.05) is 0 Å². The van der Waals surface area contributed by atoms with Crippen LogP contribution < -0.4 is 10.4 Å². The number of aliphatic carboxylic acids is 1. The smallest absolute Gasteiger partial charge is 0.412 e. The van der Waals surface area contributed by atoms with Gasteiger partial charge in [0.2, 0.25) is 0 Å². The van der Waals surface area contributed by atoms with E-state index in [1.54, 1.807) is 20.8 Å². The number of hydrogen-bond donors (Lipinski definition) is 2. The maximum atomic E-state index is 13.0. The molecule has 0 bridgehead atoms. The van der Waals surface area contributed by atoms with Crippen LogP contribution in [0.4, 0.5) is 4.79 Å². The Balaban J connectivity index is 2.03. The molecular formula is C27H37NO6Si. The van der Waals surface area contributed by atoms with E-state index in [0.29, 0.717) is 0 Å². The van der Waals surface area contributed by atoms with E-state index in [0.717, 1.165) is 15.3 Å². The van der Waals surface area contributed by atoms with Gasteiger partial charge in [-0.1, -0.05) is 81.4 Å². The summed E-state index contributed by atoms with van der Waals surface area (Å²) in [6.07, 6.45) is -2.16. The molecule has 0 aliphatic carbocycles. The molecule has 0 radical (unpaired) electrons. The SMILES string of the molecule is CC(C)(C)OC(=O)N1C(O)C(C(=O)O)C[C@@H]1CO[Si](c1ccccc1)(c1ccccc1)C(C)(C)C. The van der Waals surface area contributed by atoms with Gasteiger partial charge in [0.15, 0.2) is 0 Å². The van der Waals surface area contributed by atoms with Gasteiger partial charge in [0.25, 0.3) is 8.32 Å². The molecule has 35 heavy (non-hydrogen) atoms. The fourth-order valence-corrected chi connectivity index (χ4v) is 9.47. The minimum atomic E-state index is -2.91. The summed E-state index contributed by atoms with van der Waals surface area (Å²) >= 11 is 0. The van der Waals surface area contributed by atoms with Gasteiger partial charge in [-0.25, -0.2) is 4.79 Å². The summed E-state index contributed by atoms with van der Waals surface area (Å²) in [5, 5.41) is 22.3. The number of carboxylic acid groups (broad SMARTS) is 1. The van der Waals surface area contributed by atoms with E-state index in [-0.39, 0.29) is 18.1 Å². The van der Waals surface area contributed by atoms with Crippen molar-refractivity contribution < 1.29 is 29.0 Å². The molecule has 3 atom stereocenters. The van der Waals surface area contributed by atoms with E-state index in [1.165, 1.54) is 0 Å². The molecular weight excluding hydrogens is 462 g/mol. The van der Waals surface area contributed by atoms with Crippen molar-refractivity contribution in [1.29, 1.82) is 0 Å². The minimum Gasteiger partial charge on any atom is -0.481 e. The standard InChI is InChI=1S/C27H37NO6Si/c1-26(2,3)34-25(32)28-19(17-22(23(28)29)24(30)31)18-33-35(27(4,5)6,20-13-9-7-10-14-20)21-15-11-8-12-16-21/h7-16,19,22-23,29H,17-18H2,1-6H3,(H,30,31)/t19-,22?,23?/m1/s1. The number of carboxylic acids is 1. The highest BCUT2D eigenvalue weighted by Crippen LogP contribution is 2.38. The first-order chi connectivity index (χ1) is 16.3. The zero-order valence-corrected chi connectivity index (χ0v) is 22.4. The Bertz CT molecular complexity index is 976. The number of carbonyl (C=O) groups excluding carboxylic acids is 1. The van der Waals surface area contributed by atoms with Gasteiger partial charge >= 0.3 is 12.1 Å². The summed E-state index contributed by atoms with van der Waals surface area (Å²) in [5.74, 6) is -2.27. The summed E-state index contributed by atoms with van der Waals surface area (Å²) in [4.78, 5) is 26.0. The molecule has 0 spiro atoms. The predicted octanol–water partition coefficient (Wildman–Crippen LogP) is 3.59. The highest BCUT2D eigenvalue weighted by Gasteiger charge is 2.53. The quantitative estimate of drug-likeness (QED) is 0.590. The van der Waals surface area contributed by atoms with Crippen LogP contribution in [0.25, 0.3) is 0 Å². The normalized spacial score (nSPS) is 21.1. The molecule has 1 fully saturated rings. The van der Waals surface area contributed by atoms with Crippen LogP contribution in [0.2, 0.25) is 5.04 Å². The Labute approximate surface area is 208 Å². The van der Waals surface area contributed by atoms with Crippen molar-refractivity contribution in [3.05, 3.63) is 60.7 Å². The number of ether oxygens (including phenoxy) is 1. The summed E-state index contributed by atoms with van der Waals surface area (Å²) in [5.41, 5.74) is -0.790. The van der Waals surface area contributed by atoms with Crippen LogP contribution in [0, 0.1) is 5.92 Å². The average molecular weight is 500 g/mol. The Hall–Kier alpha value is -2.68. The molecule has 2 N–H and O–H groups in total. The minimum absolute atomic E-state index is 0.0767. The molecule has 1 aliphatic heterocycles. The number of carbonyl (C=O) groups is 2. The lowest BCUT2D eigenvalue weighted by Gasteiger charge is -2.44. The summed E-state index contributed by atoms with van der Waals surface area (Å²) in [6.45, 7) is 11.7. The number of amides is 1. The molecule has 2 aromatic rings. The lowest BCUT2D eigenvalue weighted by molar-refractivity contribution is -0.146. The first-order valence-electron chi connectivity index (χ1n) is 11.9. The van der Waals surface area contributed by atoms with Crippen molar-refractivity contribution in [2.75, 3.05) is 6.61 Å². The number of rotatable bonds is 6. The molecule has 8 heteroatoms. The van der Waals surface area contributed by atoms with E-state index < -0.39 is 44.2 Å². The van der Waals surface area contributed by atoms with Crippen LogP contribution in [0.3, 0.4) is 0 Å². The van der Waals surface area contributed by atoms with E-state index >= 15 is 0 Å². The van der Waals surface area contributed by atoms with Crippen molar-refractivity contribution in [1.82, 2.24) is 4.90 Å². The lowest BCUT2D eigenvalue weighted by Crippen LogP contribution is -2.67. The van der Waals surface area contributed by atoms with Gasteiger partial charge in [0.05, 0.1) is 12.6 Å². The number of aliphatic hydroxyl groups excluding tert-OH is 1. The summed E-state index contributed by atoms with van der Waals surface area (Å²) < 4.78 is 12.4. The molecule has 0 saturated carbocycles. The van der Waals surface area contributed by atoms with Crippen molar-refractivity contribution in [3.63, 3.8) is 0 Å². The third-order valence-electron chi connectivity index (χ3n) is 6.39. The number of likely N-dealkylation sites (tertiary alicyclic amines) is 1. The number of nitrogens with zero attached hydrogens (tertiary/aromatic N) is 1. The molecule has 2 aromatic carbocycles. The lowest BCUT2D eigenvalue weighted by atomic mass is 10.1. The van der Waals surface area contributed by atoms with Crippen molar-refractivity contribution in [2.45, 2.75) is 70.9 Å². The van der Waals surface area contributed by atoms with Crippen LogP contribution in [0.5, 0.6) is 0 Å². The zero-order chi connectivity index (χ0) is 26.0. The molecule has 190 valence electrons. The average Bonchev–Trinajstić information content (AvgIpc) is 3.10. The fraction of sp³-hybridized carbons (Fsp3) is 0.481. The van der Waals surface area contributed by atoms with Gasteiger partial charge in [-0.2, -0.15) is 0 Å². The van der Waals surface area contributed by atoms with Gasteiger partial charge in [-0.05, 0) is 42.6 Å². The topological polar surface area (TPSA) is 96.3 Å². The Morgan fingerprint density at radius 2 is 1.43 bits per heavy atom. The first-order valence-corrected chi connectivity index (χ1v) is 13.9. The van der Waals surface area contributed by atoms with Crippen LogP contribution in [0.15, 0.2) is 60.7 Å². The Morgan fingerprint density at radius 3 is 1.83 bits per heavy atom. The van der Waals surface area contributed by atoms with E-state index in [1.807, 2.05) is 36.4 Å². The predicted molar refractivity (Wildman–Crippen MR) is 137 cm³/mol. The monoisotopic (exact) mass is 499 g/mol. The highest BCUT2D eigenvalue weighted by atomic mass is 28.4. The highest BCUT2D eigenvalue weighted by molar-refractivity contribution is 6.99. The molecule has 3 rings (SSSR count). The maximum absolute atomic E-state index is 13.0. The molecule has 1 amide bonds. The van der Waals surface area contributed by atoms with Crippen LogP contribution >= 0.6 is 0 Å².